The first-order valence-corrected chi connectivity index (χ1v) is 4.18. The molecule has 0 saturated heterocycles. The molecule has 0 unspecified atom stereocenters. The lowest BCUT2D eigenvalue weighted by Crippen LogP contribution is -2.18. The van der Waals surface area contributed by atoms with Crippen LogP contribution in [0.5, 0.6) is 11.6 Å². The summed E-state index contributed by atoms with van der Waals surface area (Å²) in [6, 6.07) is 0.352. The van der Waals surface area contributed by atoms with Gasteiger partial charge in [0.15, 0.2) is 11.6 Å². The maximum absolute atomic E-state index is 12.7. The van der Waals surface area contributed by atoms with E-state index in [1.165, 1.54) is 22.6 Å². The Morgan fingerprint density at radius 1 is 1.43 bits per heavy atom. The summed E-state index contributed by atoms with van der Waals surface area (Å²) >= 11 is 1.38. The van der Waals surface area contributed by atoms with E-state index in [1.807, 2.05) is 0 Å². The Labute approximate surface area is 88.8 Å². The van der Waals surface area contributed by atoms with Crippen LogP contribution in [0.1, 0.15) is 0 Å². The van der Waals surface area contributed by atoms with Crippen molar-refractivity contribution in [2.45, 2.75) is 6.36 Å². The molecular formula is C6H2F4INO2. The molecule has 1 rings (SSSR count). The molecule has 0 aliphatic carbocycles. The highest BCUT2D eigenvalue weighted by Crippen LogP contribution is 2.27. The van der Waals surface area contributed by atoms with Crippen molar-refractivity contribution < 1.29 is 27.4 Å². The van der Waals surface area contributed by atoms with E-state index < -0.39 is 23.8 Å². The van der Waals surface area contributed by atoms with E-state index in [2.05, 4.69) is 9.72 Å². The molecule has 1 N–H and O–H groups in total. The van der Waals surface area contributed by atoms with E-state index in [0.29, 0.717) is 6.07 Å². The maximum atomic E-state index is 12.7. The smallest absolute Gasteiger partial charge is 0.503 e. The molecule has 0 aliphatic rings. The SMILES string of the molecule is Oc1c(F)cc(OC(F)(F)F)nc1I. The number of ether oxygens (including phenoxy) is 1. The Morgan fingerprint density at radius 3 is 2.43 bits per heavy atom. The zero-order valence-corrected chi connectivity index (χ0v) is 8.43. The summed E-state index contributed by atoms with van der Waals surface area (Å²) in [7, 11) is 0. The first kappa shape index (κ1) is 11.3. The number of hydrogen-bond donors (Lipinski definition) is 1. The van der Waals surface area contributed by atoms with Crippen molar-refractivity contribution in [3.05, 3.63) is 15.6 Å². The molecule has 0 fully saturated rings. The number of nitrogens with zero attached hydrogens (tertiary/aromatic N) is 1. The third kappa shape index (κ3) is 2.86. The van der Waals surface area contributed by atoms with E-state index in [9.17, 15) is 17.6 Å². The summed E-state index contributed by atoms with van der Waals surface area (Å²) in [5, 5.41) is 8.85. The minimum absolute atomic E-state index is 0.304. The fourth-order valence-corrected chi connectivity index (χ4v) is 1.12. The summed E-state index contributed by atoms with van der Waals surface area (Å²) in [5.41, 5.74) is 0. The second kappa shape index (κ2) is 3.75. The van der Waals surface area contributed by atoms with E-state index in [0.717, 1.165) is 0 Å². The molecule has 0 atom stereocenters. The van der Waals surface area contributed by atoms with Crippen LogP contribution in [0.25, 0.3) is 0 Å². The Kier molecular flexibility index (Phi) is 3.02. The lowest BCUT2D eigenvalue weighted by molar-refractivity contribution is -0.276. The van der Waals surface area contributed by atoms with Crippen LogP contribution >= 0.6 is 22.6 Å². The van der Waals surface area contributed by atoms with Crippen LogP contribution in [0.2, 0.25) is 0 Å². The second-order valence-corrected chi connectivity index (χ2v) is 3.15. The van der Waals surface area contributed by atoms with Gasteiger partial charge in [-0.15, -0.1) is 13.2 Å². The molecule has 0 radical (unpaired) electrons. The van der Waals surface area contributed by atoms with Gasteiger partial charge in [-0.2, -0.15) is 0 Å². The number of alkyl halides is 3. The van der Waals surface area contributed by atoms with Gasteiger partial charge in [-0.1, -0.05) is 0 Å². The van der Waals surface area contributed by atoms with E-state index in [4.69, 9.17) is 5.11 Å². The molecule has 0 aromatic carbocycles. The molecule has 8 heteroatoms. The maximum Gasteiger partial charge on any atom is 0.574 e. The molecule has 3 nitrogen and oxygen atoms in total. The minimum Gasteiger partial charge on any atom is -0.503 e. The van der Waals surface area contributed by atoms with Gasteiger partial charge in [0.25, 0.3) is 0 Å². The average molecular weight is 323 g/mol. The van der Waals surface area contributed by atoms with Gasteiger partial charge in [0.2, 0.25) is 5.88 Å². The number of pyridine rings is 1. The molecule has 0 spiro atoms. The van der Waals surface area contributed by atoms with Crippen molar-refractivity contribution in [3.63, 3.8) is 0 Å². The summed E-state index contributed by atoms with van der Waals surface area (Å²) in [4.78, 5) is 3.17. The lowest BCUT2D eigenvalue weighted by atomic mass is 10.4. The largest absolute Gasteiger partial charge is 0.574 e. The molecule has 1 aromatic rings. The predicted octanol–water partition coefficient (Wildman–Crippen LogP) is 2.43. The van der Waals surface area contributed by atoms with E-state index in [-0.39, 0.29) is 3.70 Å². The summed E-state index contributed by atoms with van der Waals surface area (Å²) in [6.07, 6.45) is -4.93. The van der Waals surface area contributed by atoms with E-state index >= 15 is 0 Å². The molecule has 0 aliphatic heterocycles. The molecule has 1 aromatic heterocycles. The Balaban J connectivity index is 3.02. The quantitative estimate of drug-likeness (QED) is 0.490. The van der Waals surface area contributed by atoms with Crippen LogP contribution < -0.4 is 4.74 Å². The molecule has 0 amide bonds. The van der Waals surface area contributed by atoms with Gasteiger partial charge in [0.05, 0.1) is 0 Å². The van der Waals surface area contributed by atoms with Crippen LogP contribution in [0.4, 0.5) is 17.6 Å². The standard InChI is InChI=1S/C6H2F4INO2/c7-2-1-3(14-6(8,9)10)12-5(11)4(2)13/h1,13H. The highest BCUT2D eigenvalue weighted by molar-refractivity contribution is 14.1. The Bertz CT molecular complexity index is 331. The summed E-state index contributed by atoms with van der Waals surface area (Å²) in [6.45, 7) is 0. The highest BCUT2D eigenvalue weighted by Gasteiger charge is 2.32. The Morgan fingerprint density at radius 2 is 2.00 bits per heavy atom. The van der Waals surface area contributed by atoms with Crippen molar-refractivity contribution in [1.82, 2.24) is 4.98 Å². The van der Waals surface area contributed by atoms with Gasteiger partial charge in [0.1, 0.15) is 3.70 Å². The number of aromatic hydroxyl groups is 1. The van der Waals surface area contributed by atoms with Crippen molar-refractivity contribution in [2.75, 3.05) is 0 Å². The van der Waals surface area contributed by atoms with Crippen LogP contribution in [0, 0.1) is 9.52 Å². The highest BCUT2D eigenvalue weighted by atomic mass is 127. The number of rotatable bonds is 1. The average Bonchev–Trinajstić information content (AvgIpc) is 1.96. The third-order valence-electron chi connectivity index (χ3n) is 1.10. The van der Waals surface area contributed by atoms with Crippen molar-refractivity contribution >= 4 is 22.6 Å². The second-order valence-electron chi connectivity index (χ2n) is 2.13. The predicted molar refractivity (Wildman–Crippen MR) is 45.3 cm³/mol. The van der Waals surface area contributed by atoms with Gasteiger partial charge in [0, 0.05) is 6.07 Å². The van der Waals surface area contributed by atoms with Gasteiger partial charge in [-0.25, -0.2) is 9.37 Å². The van der Waals surface area contributed by atoms with Gasteiger partial charge < -0.3 is 9.84 Å². The molecule has 78 valence electrons. The first-order chi connectivity index (χ1) is 6.29. The Hall–Kier alpha value is -0.800. The minimum atomic E-state index is -4.93. The van der Waals surface area contributed by atoms with Crippen LogP contribution in [0.15, 0.2) is 6.07 Å². The molecule has 0 saturated carbocycles. The fraction of sp³-hybridized carbons (Fsp3) is 0.167. The van der Waals surface area contributed by atoms with Crippen molar-refractivity contribution in [1.29, 1.82) is 0 Å². The topological polar surface area (TPSA) is 42.4 Å². The van der Waals surface area contributed by atoms with Crippen LogP contribution in [-0.2, 0) is 0 Å². The molecule has 14 heavy (non-hydrogen) atoms. The fourth-order valence-electron chi connectivity index (χ4n) is 0.628. The number of aromatic nitrogens is 1. The monoisotopic (exact) mass is 323 g/mol. The van der Waals surface area contributed by atoms with Crippen LogP contribution in [0.3, 0.4) is 0 Å². The van der Waals surface area contributed by atoms with Crippen molar-refractivity contribution in [2.24, 2.45) is 0 Å². The molecule has 0 bridgehead atoms. The van der Waals surface area contributed by atoms with Gasteiger partial charge >= 0.3 is 6.36 Å². The van der Waals surface area contributed by atoms with Crippen LogP contribution in [-0.4, -0.2) is 16.5 Å². The third-order valence-corrected chi connectivity index (χ3v) is 1.85. The molecular weight excluding hydrogens is 321 g/mol. The zero-order valence-electron chi connectivity index (χ0n) is 6.27. The zero-order chi connectivity index (χ0) is 10.9. The number of halogens is 5. The number of hydrogen-bond acceptors (Lipinski definition) is 3. The first-order valence-electron chi connectivity index (χ1n) is 3.10. The molecule has 1 heterocycles. The van der Waals surface area contributed by atoms with Crippen molar-refractivity contribution in [3.8, 4) is 11.6 Å². The summed E-state index contributed by atoms with van der Waals surface area (Å²) < 4.78 is 50.7. The normalized spacial score (nSPS) is 11.5. The lowest BCUT2D eigenvalue weighted by Gasteiger charge is -2.08. The van der Waals surface area contributed by atoms with E-state index in [1.54, 1.807) is 0 Å². The van der Waals surface area contributed by atoms with Gasteiger partial charge in [-0.3, -0.25) is 0 Å². The van der Waals surface area contributed by atoms with Gasteiger partial charge in [-0.05, 0) is 22.6 Å². The summed E-state index contributed by atoms with van der Waals surface area (Å²) in [5.74, 6) is -2.97.